The molecule has 2 N–H and O–H groups in total. The van der Waals surface area contributed by atoms with E-state index in [0.29, 0.717) is 18.8 Å². The minimum Gasteiger partial charge on any atom is -0.396 e. The molecule has 0 aromatic heterocycles. The monoisotopic (exact) mass is 235 g/mol. The van der Waals surface area contributed by atoms with Gasteiger partial charge in [0.1, 0.15) is 0 Å². The Kier molecular flexibility index (Phi) is 5.16. The van der Waals surface area contributed by atoms with Crippen LogP contribution < -0.4 is 5.32 Å². The number of carbonyl (C=O) groups is 1. The molecule has 0 spiro atoms. The number of anilines is 1. The van der Waals surface area contributed by atoms with E-state index in [1.807, 2.05) is 25.1 Å². The van der Waals surface area contributed by atoms with Crippen molar-refractivity contribution in [2.24, 2.45) is 0 Å². The van der Waals surface area contributed by atoms with E-state index >= 15 is 0 Å². The molecule has 0 bridgehead atoms. The SMILES string of the molecule is Cc1cccc(C(C)C)c1NC(=O)CCCO. The van der Waals surface area contributed by atoms with Gasteiger partial charge in [-0.1, -0.05) is 32.0 Å². The Bertz CT molecular complexity index is 386. The van der Waals surface area contributed by atoms with Crippen LogP contribution in [0, 0.1) is 6.92 Å². The van der Waals surface area contributed by atoms with Crippen LogP contribution in [0.15, 0.2) is 18.2 Å². The van der Waals surface area contributed by atoms with Gasteiger partial charge >= 0.3 is 0 Å². The molecule has 1 rings (SSSR count). The number of rotatable bonds is 5. The lowest BCUT2D eigenvalue weighted by molar-refractivity contribution is -0.116. The van der Waals surface area contributed by atoms with Gasteiger partial charge in [-0.05, 0) is 30.4 Å². The van der Waals surface area contributed by atoms with E-state index in [1.165, 1.54) is 0 Å². The van der Waals surface area contributed by atoms with Gasteiger partial charge in [-0.3, -0.25) is 4.79 Å². The molecule has 0 aliphatic rings. The largest absolute Gasteiger partial charge is 0.396 e. The summed E-state index contributed by atoms with van der Waals surface area (Å²) in [5.41, 5.74) is 3.15. The van der Waals surface area contributed by atoms with Crippen LogP contribution in [0.3, 0.4) is 0 Å². The first kappa shape index (κ1) is 13.7. The Labute approximate surface area is 103 Å². The number of amides is 1. The van der Waals surface area contributed by atoms with Crippen molar-refractivity contribution in [1.82, 2.24) is 0 Å². The highest BCUT2D eigenvalue weighted by Crippen LogP contribution is 2.27. The molecule has 3 heteroatoms. The van der Waals surface area contributed by atoms with E-state index in [9.17, 15) is 4.79 Å². The van der Waals surface area contributed by atoms with Gasteiger partial charge in [0.25, 0.3) is 0 Å². The van der Waals surface area contributed by atoms with Gasteiger partial charge < -0.3 is 10.4 Å². The van der Waals surface area contributed by atoms with Crippen molar-refractivity contribution in [2.45, 2.75) is 39.5 Å². The van der Waals surface area contributed by atoms with Gasteiger partial charge in [-0.25, -0.2) is 0 Å². The van der Waals surface area contributed by atoms with Crippen molar-refractivity contribution in [3.63, 3.8) is 0 Å². The number of para-hydroxylation sites is 1. The van der Waals surface area contributed by atoms with Crippen LogP contribution in [0.5, 0.6) is 0 Å². The van der Waals surface area contributed by atoms with Gasteiger partial charge in [0.2, 0.25) is 5.91 Å². The number of benzene rings is 1. The van der Waals surface area contributed by atoms with Gasteiger partial charge in [0.15, 0.2) is 0 Å². The molecule has 94 valence electrons. The fourth-order valence-electron chi connectivity index (χ4n) is 1.78. The summed E-state index contributed by atoms with van der Waals surface area (Å²) in [5, 5.41) is 11.6. The molecule has 1 amide bonds. The van der Waals surface area contributed by atoms with Crippen molar-refractivity contribution in [2.75, 3.05) is 11.9 Å². The number of hydrogen-bond donors (Lipinski definition) is 2. The molecule has 0 saturated carbocycles. The number of carbonyl (C=O) groups excluding carboxylic acids is 1. The number of aliphatic hydroxyl groups is 1. The Balaban J connectivity index is 2.85. The molecule has 0 fully saturated rings. The minimum absolute atomic E-state index is 0.0322. The molecule has 0 radical (unpaired) electrons. The molecule has 0 saturated heterocycles. The lowest BCUT2D eigenvalue weighted by Gasteiger charge is -2.16. The lowest BCUT2D eigenvalue weighted by Crippen LogP contribution is -2.14. The van der Waals surface area contributed by atoms with E-state index in [-0.39, 0.29) is 12.5 Å². The average molecular weight is 235 g/mol. The third-order valence-electron chi connectivity index (χ3n) is 2.75. The summed E-state index contributed by atoms with van der Waals surface area (Å²) in [4.78, 5) is 11.7. The zero-order valence-electron chi connectivity index (χ0n) is 10.8. The highest BCUT2D eigenvalue weighted by Gasteiger charge is 2.11. The van der Waals surface area contributed by atoms with Crippen molar-refractivity contribution in [1.29, 1.82) is 0 Å². The first-order valence-electron chi connectivity index (χ1n) is 6.06. The normalized spacial score (nSPS) is 10.6. The van der Waals surface area contributed by atoms with Crippen molar-refractivity contribution in [3.05, 3.63) is 29.3 Å². The van der Waals surface area contributed by atoms with Crippen LogP contribution in [0.1, 0.15) is 43.7 Å². The first-order chi connectivity index (χ1) is 8.06. The highest BCUT2D eigenvalue weighted by molar-refractivity contribution is 5.92. The second kappa shape index (κ2) is 6.40. The molecular formula is C14H21NO2. The third kappa shape index (κ3) is 3.86. The summed E-state index contributed by atoms with van der Waals surface area (Å²) in [6.45, 7) is 6.27. The number of aliphatic hydroxyl groups excluding tert-OH is 1. The smallest absolute Gasteiger partial charge is 0.224 e. The maximum Gasteiger partial charge on any atom is 0.224 e. The summed E-state index contributed by atoms with van der Waals surface area (Å²) < 4.78 is 0. The van der Waals surface area contributed by atoms with E-state index in [1.54, 1.807) is 0 Å². The van der Waals surface area contributed by atoms with Crippen molar-refractivity contribution in [3.8, 4) is 0 Å². The van der Waals surface area contributed by atoms with Gasteiger partial charge in [0, 0.05) is 18.7 Å². The van der Waals surface area contributed by atoms with Crippen LogP contribution in [-0.2, 0) is 4.79 Å². The number of hydrogen-bond acceptors (Lipinski definition) is 2. The van der Waals surface area contributed by atoms with Gasteiger partial charge in [-0.2, -0.15) is 0 Å². The first-order valence-corrected chi connectivity index (χ1v) is 6.06. The summed E-state index contributed by atoms with van der Waals surface area (Å²) in [6, 6.07) is 6.04. The van der Waals surface area contributed by atoms with E-state index in [2.05, 4.69) is 19.2 Å². The number of nitrogens with one attached hydrogen (secondary N) is 1. The average Bonchev–Trinajstić information content (AvgIpc) is 2.28. The second-order valence-corrected chi connectivity index (χ2v) is 4.57. The van der Waals surface area contributed by atoms with Crippen LogP contribution in [-0.4, -0.2) is 17.6 Å². The van der Waals surface area contributed by atoms with Crippen LogP contribution >= 0.6 is 0 Å². The number of aryl methyl sites for hydroxylation is 1. The maximum absolute atomic E-state index is 11.7. The third-order valence-corrected chi connectivity index (χ3v) is 2.75. The molecule has 1 aromatic carbocycles. The van der Waals surface area contributed by atoms with Gasteiger partial charge in [0.05, 0.1) is 0 Å². The fraction of sp³-hybridized carbons (Fsp3) is 0.500. The Morgan fingerprint density at radius 1 is 1.41 bits per heavy atom. The summed E-state index contributed by atoms with van der Waals surface area (Å²) in [7, 11) is 0. The molecule has 3 nitrogen and oxygen atoms in total. The van der Waals surface area contributed by atoms with E-state index in [0.717, 1.165) is 16.8 Å². The van der Waals surface area contributed by atoms with Gasteiger partial charge in [-0.15, -0.1) is 0 Å². The predicted molar refractivity (Wildman–Crippen MR) is 70.2 cm³/mol. The van der Waals surface area contributed by atoms with E-state index < -0.39 is 0 Å². The standard InChI is InChI=1S/C14H21NO2/c1-10(2)12-7-4-6-11(3)14(12)15-13(17)8-5-9-16/h4,6-7,10,16H,5,8-9H2,1-3H3,(H,15,17). The molecule has 0 aliphatic heterocycles. The zero-order chi connectivity index (χ0) is 12.8. The predicted octanol–water partition coefficient (Wildman–Crippen LogP) is 2.83. The Morgan fingerprint density at radius 3 is 2.71 bits per heavy atom. The Morgan fingerprint density at radius 2 is 2.12 bits per heavy atom. The zero-order valence-corrected chi connectivity index (χ0v) is 10.8. The molecule has 0 unspecified atom stereocenters. The van der Waals surface area contributed by atoms with Crippen molar-refractivity contribution < 1.29 is 9.90 Å². The van der Waals surface area contributed by atoms with E-state index in [4.69, 9.17) is 5.11 Å². The Hall–Kier alpha value is -1.35. The molecule has 0 atom stereocenters. The van der Waals surface area contributed by atoms with Crippen LogP contribution in [0.25, 0.3) is 0 Å². The summed E-state index contributed by atoms with van der Waals surface area (Å²) in [6.07, 6.45) is 0.872. The molecule has 0 heterocycles. The summed E-state index contributed by atoms with van der Waals surface area (Å²) >= 11 is 0. The molecule has 1 aromatic rings. The topological polar surface area (TPSA) is 49.3 Å². The fourth-order valence-corrected chi connectivity index (χ4v) is 1.78. The second-order valence-electron chi connectivity index (χ2n) is 4.57. The maximum atomic E-state index is 11.7. The van der Waals surface area contributed by atoms with Crippen LogP contribution in [0.4, 0.5) is 5.69 Å². The minimum atomic E-state index is -0.0322. The highest BCUT2D eigenvalue weighted by atomic mass is 16.3. The molecule has 17 heavy (non-hydrogen) atoms. The quantitative estimate of drug-likeness (QED) is 0.824. The molecular weight excluding hydrogens is 214 g/mol. The molecule has 0 aliphatic carbocycles. The summed E-state index contributed by atoms with van der Waals surface area (Å²) in [5.74, 6) is 0.346. The van der Waals surface area contributed by atoms with Crippen LogP contribution in [0.2, 0.25) is 0 Å². The lowest BCUT2D eigenvalue weighted by atomic mass is 9.98. The van der Waals surface area contributed by atoms with Crippen molar-refractivity contribution >= 4 is 11.6 Å².